The number of piperidine rings is 4. The fourth-order valence-corrected chi connectivity index (χ4v) is 16.6. The molecule has 3 amide bonds. The van der Waals surface area contributed by atoms with Crippen LogP contribution in [-0.4, -0.2) is 182 Å². The van der Waals surface area contributed by atoms with Gasteiger partial charge in [0, 0.05) is 64.2 Å². The van der Waals surface area contributed by atoms with E-state index in [-0.39, 0.29) is 37.0 Å². The van der Waals surface area contributed by atoms with Crippen molar-refractivity contribution in [3.05, 3.63) is 117 Å². The molecule has 616 valence electrons. The van der Waals surface area contributed by atoms with Gasteiger partial charge in [-0.3, -0.25) is 9.59 Å². The zero-order valence-corrected chi connectivity index (χ0v) is 69.3. The summed E-state index contributed by atoms with van der Waals surface area (Å²) >= 11 is 0. The van der Waals surface area contributed by atoms with Gasteiger partial charge in [-0.25, -0.2) is 14.4 Å². The average Bonchev–Trinajstić information content (AvgIpc) is 0.842. The van der Waals surface area contributed by atoms with Gasteiger partial charge in [-0.15, -0.1) is 0 Å². The smallest absolute Gasteiger partial charge is 0.410 e. The summed E-state index contributed by atoms with van der Waals surface area (Å²) in [4.78, 5) is 64.1. The van der Waals surface area contributed by atoms with E-state index in [4.69, 9.17) is 38.3 Å². The number of carbonyl (C=O) groups is 5. The Morgan fingerprint density at radius 1 is 0.423 bits per heavy atom. The molecule has 3 unspecified atom stereocenters. The molecule has 20 heteroatoms. The number of aryl methyl sites for hydroxylation is 4. The lowest BCUT2D eigenvalue weighted by Crippen LogP contribution is -2.41. The Labute approximate surface area is 664 Å². The normalized spacial score (nSPS) is 19.8. The second-order valence-electron chi connectivity index (χ2n) is 35.4. The SMILES string of the molecule is CC(C)(C)OC(=O)N1CCC(CCCOc2ccc3c(c2)CCC(=O)C3)CC1.CC(C)(C)OC(=O)N1CCC(CCCOc2ccc3c(c2)CCC(O)C3)CC1.CCNC1CCc2cc(OCCCC3CCN(C(=O)OC(C)(C)C)CC3)ccc2C1.O=C(O)CNC1CCc2cc(OCCCC3CCNCC3)ccc2C1. The van der Waals surface area contributed by atoms with Crippen LogP contribution in [0.3, 0.4) is 0 Å². The number of likely N-dealkylation sites (tertiary alicyclic amines) is 3. The Hall–Kier alpha value is -7.13. The lowest BCUT2D eigenvalue weighted by atomic mass is 9.88. The van der Waals surface area contributed by atoms with Crippen molar-refractivity contribution in [1.82, 2.24) is 30.7 Å². The van der Waals surface area contributed by atoms with Crippen LogP contribution in [0.1, 0.15) is 242 Å². The minimum atomic E-state index is -0.793. The van der Waals surface area contributed by atoms with Gasteiger partial charge in [0.1, 0.15) is 45.6 Å². The first-order valence-electron chi connectivity index (χ1n) is 42.7. The summed E-state index contributed by atoms with van der Waals surface area (Å²) in [6.07, 6.45) is 28.0. The van der Waals surface area contributed by atoms with Crippen molar-refractivity contribution in [2.24, 2.45) is 23.7 Å². The predicted molar refractivity (Wildman–Crippen MR) is 438 cm³/mol. The van der Waals surface area contributed by atoms with Crippen LogP contribution in [0.2, 0.25) is 0 Å². The van der Waals surface area contributed by atoms with Gasteiger partial charge in [0.2, 0.25) is 0 Å². The van der Waals surface area contributed by atoms with Gasteiger partial charge in [-0.2, -0.15) is 0 Å². The van der Waals surface area contributed by atoms with Gasteiger partial charge in [-0.05, 0) is 366 Å². The third-order valence-corrected chi connectivity index (χ3v) is 22.8. The molecule has 4 saturated heterocycles. The number of aliphatic hydroxyl groups is 1. The summed E-state index contributed by atoms with van der Waals surface area (Å²) in [5, 5.41) is 28.6. The maximum atomic E-state index is 12.2. The van der Waals surface area contributed by atoms with E-state index in [1.807, 2.05) is 95.2 Å². The summed E-state index contributed by atoms with van der Waals surface area (Å²) in [6, 6.07) is 26.3. The van der Waals surface area contributed by atoms with Crippen molar-refractivity contribution in [1.29, 1.82) is 0 Å². The predicted octanol–water partition coefficient (Wildman–Crippen LogP) is 16.2. The number of nitrogens with zero attached hydrogens (tertiary/aromatic N) is 3. The topological polar surface area (TPSA) is 236 Å². The van der Waals surface area contributed by atoms with Crippen LogP contribution in [0.5, 0.6) is 23.0 Å². The molecule has 4 aliphatic carbocycles. The number of ketones is 1. The highest BCUT2D eigenvalue weighted by atomic mass is 16.6. The van der Waals surface area contributed by atoms with E-state index in [2.05, 4.69) is 77.5 Å². The van der Waals surface area contributed by atoms with E-state index in [0.717, 1.165) is 241 Å². The Bertz CT molecular complexity index is 3530. The fourth-order valence-electron chi connectivity index (χ4n) is 16.6. The molecule has 5 N–H and O–H groups in total. The maximum absolute atomic E-state index is 12.2. The van der Waals surface area contributed by atoms with Crippen molar-refractivity contribution < 1.29 is 67.3 Å². The molecule has 4 aromatic rings. The van der Waals surface area contributed by atoms with Crippen molar-refractivity contribution in [2.75, 3.05) is 91.9 Å². The number of carboxylic acid groups (broad SMARTS) is 1. The highest BCUT2D eigenvalue weighted by Crippen LogP contribution is 2.33. The van der Waals surface area contributed by atoms with Crippen molar-refractivity contribution in [2.45, 2.75) is 284 Å². The number of likely N-dealkylation sites (N-methyl/N-ethyl adjacent to an activating group) is 1. The lowest BCUT2D eigenvalue weighted by molar-refractivity contribution is -0.136. The Morgan fingerprint density at radius 3 is 1.12 bits per heavy atom. The quantitative estimate of drug-likeness (QED) is 0.0306. The number of carbonyl (C=O) groups excluding carboxylic acids is 4. The van der Waals surface area contributed by atoms with Crippen LogP contribution in [-0.2, 0) is 75.2 Å². The van der Waals surface area contributed by atoms with E-state index in [1.54, 1.807) is 0 Å². The van der Waals surface area contributed by atoms with E-state index in [9.17, 15) is 29.1 Å². The number of carboxylic acids is 1. The molecule has 8 aliphatic rings. The molecule has 12 rings (SSSR count). The fraction of sp³-hybridized carbons (Fsp3) is 0.681. The molecular formula is C91H138N6O14. The number of rotatable bonds is 25. The molecule has 4 fully saturated rings. The van der Waals surface area contributed by atoms with Crippen LogP contribution in [0.25, 0.3) is 0 Å². The first-order valence-corrected chi connectivity index (χ1v) is 42.7. The first-order chi connectivity index (χ1) is 53.1. The van der Waals surface area contributed by atoms with Gasteiger partial charge >= 0.3 is 24.2 Å². The standard InChI is InChI=1S/C25H40N2O3.C23H35NO4.C23H33NO4.C20H30N2O3/c1-5-26-22-10-8-21-18-23(11-9-20(21)17-22)29-16-6-7-19-12-14-27(15-13-19)24(28)30-25(2,3)4;2*1-23(2,3)28-22(26)24-12-10-17(11-13-24)5-4-14-27-21-9-7-18-15-20(25)8-6-19(18)16-21;23-20(24)14-22-18-5-3-17-13-19(6-4-16(17)12-18)25-11-1-2-15-7-9-21-10-8-15/h9,11,18-19,22,26H,5-8,10,12-17H2,1-4H3;7,9,16-17,20,25H,4-6,8,10-15H2,1-3H3;7,9,16-17H,4-6,8,10-15H2,1-3H3;4,6,13,15,18,21-22H,1-3,5,7-12,14H2,(H,23,24). The molecule has 4 heterocycles. The minimum absolute atomic E-state index is 0.0399. The third kappa shape index (κ3) is 31.6. The van der Waals surface area contributed by atoms with E-state index in [0.29, 0.717) is 49.0 Å². The number of hydrogen-bond acceptors (Lipinski definition) is 16. The Balaban J connectivity index is 0.000000170. The average molecular weight is 1540 g/mol. The van der Waals surface area contributed by atoms with Gasteiger partial charge < -0.3 is 74.0 Å². The zero-order valence-electron chi connectivity index (χ0n) is 69.3. The van der Waals surface area contributed by atoms with Gasteiger partial charge in [0.15, 0.2) is 0 Å². The number of hydrogen-bond donors (Lipinski definition) is 5. The number of ether oxygens (including phenoxy) is 7. The molecular weight excluding hydrogens is 1400 g/mol. The van der Waals surface area contributed by atoms with Crippen LogP contribution in [0.15, 0.2) is 72.8 Å². The largest absolute Gasteiger partial charge is 0.494 e. The van der Waals surface area contributed by atoms with Gasteiger partial charge in [0.05, 0.1) is 39.1 Å². The molecule has 3 atom stereocenters. The molecule has 0 spiro atoms. The number of nitrogens with one attached hydrogen (secondary N) is 3. The number of fused-ring (bicyclic) bond motifs is 4. The Morgan fingerprint density at radius 2 is 0.757 bits per heavy atom. The summed E-state index contributed by atoms with van der Waals surface area (Å²) in [5.41, 5.74) is 9.29. The second kappa shape index (κ2) is 43.9. The number of aliphatic hydroxyl groups excluding tert-OH is 1. The maximum Gasteiger partial charge on any atom is 0.410 e. The third-order valence-electron chi connectivity index (χ3n) is 22.8. The second-order valence-corrected chi connectivity index (χ2v) is 35.4. The van der Waals surface area contributed by atoms with Crippen molar-refractivity contribution >= 4 is 30.0 Å². The summed E-state index contributed by atoms with van der Waals surface area (Å²) in [5.74, 6) is 6.23. The van der Waals surface area contributed by atoms with E-state index in [1.165, 1.54) is 77.7 Å². The molecule has 111 heavy (non-hydrogen) atoms. The van der Waals surface area contributed by atoms with E-state index >= 15 is 0 Å². The highest BCUT2D eigenvalue weighted by Gasteiger charge is 2.31. The number of benzene rings is 4. The number of aliphatic carboxylic acids is 1. The van der Waals surface area contributed by atoms with E-state index < -0.39 is 22.8 Å². The van der Waals surface area contributed by atoms with Gasteiger partial charge in [0.25, 0.3) is 0 Å². The van der Waals surface area contributed by atoms with Crippen molar-refractivity contribution in [3.63, 3.8) is 0 Å². The molecule has 20 nitrogen and oxygen atoms in total. The van der Waals surface area contributed by atoms with Crippen LogP contribution in [0.4, 0.5) is 14.4 Å². The lowest BCUT2D eigenvalue weighted by Gasteiger charge is -2.33. The zero-order chi connectivity index (χ0) is 79.3. The van der Waals surface area contributed by atoms with Crippen LogP contribution < -0.4 is 34.9 Å². The van der Waals surface area contributed by atoms with Gasteiger partial charge in [-0.1, -0.05) is 31.2 Å². The van der Waals surface area contributed by atoms with Crippen LogP contribution >= 0.6 is 0 Å². The minimum Gasteiger partial charge on any atom is -0.494 e. The first kappa shape index (κ1) is 87.8. The summed E-state index contributed by atoms with van der Waals surface area (Å²) < 4.78 is 40.3. The number of amides is 3. The Kier molecular flexibility index (Phi) is 34.8. The number of Topliss-reactive ketones (excluding diaryl/α,β-unsaturated/α-hetero) is 1. The summed E-state index contributed by atoms with van der Waals surface area (Å²) in [6.45, 7) is 30.5. The van der Waals surface area contributed by atoms with Crippen LogP contribution in [0, 0.1) is 23.7 Å². The molecule has 4 aromatic carbocycles. The molecule has 0 saturated carbocycles. The molecule has 0 bridgehead atoms. The highest BCUT2D eigenvalue weighted by molar-refractivity contribution is 5.83. The van der Waals surface area contributed by atoms with Crippen molar-refractivity contribution in [3.8, 4) is 23.0 Å². The molecule has 4 aliphatic heterocycles. The summed E-state index contributed by atoms with van der Waals surface area (Å²) in [7, 11) is 0. The monoisotopic (exact) mass is 1540 g/mol. The molecule has 0 radical (unpaired) electrons. The molecule has 0 aromatic heterocycles.